The van der Waals surface area contributed by atoms with Crippen molar-refractivity contribution in [2.24, 2.45) is 4.99 Å². The normalized spacial score (nSPS) is 20.2. The predicted molar refractivity (Wildman–Crippen MR) is 40.9 cm³/mol. The Labute approximate surface area is 73.0 Å². The van der Waals surface area contributed by atoms with Crippen molar-refractivity contribution in [3.8, 4) is 0 Å². The first-order valence-corrected chi connectivity index (χ1v) is 6.34. The molecular formula is C8H6NOW. The summed E-state index contributed by atoms with van der Waals surface area (Å²) in [6, 6.07) is 0. The predicted octanol–water partition coefficient (Wildman–Crippen LogP) is 1.22. The first kappa shape index (κ1) is 6.93. The zero-order valence-corrected chi connectivity index (χ0v) is 8.71. The van der Waals surface area contributed by atoms with E-state index in [2.05, 4.69) is 16.0 Å². The molecule has 0 aliphatic carbocycles. The molecule has 0 amide bonds. The third-order valence-electron chi connectivity index (χ3n) is 1.31. The van der Waals surface area contributed by atoms with Crippen LogP contribution in [-0.2, 0) is 22.8 Å². The second kappa shape index (κ2) is 2.71. The van der Waals surface area contributed by atoms with E-state index in [-0.39, 0.29) is 0 Å². The Morgan fingerprint density at radius 1 is 1.45 bits per heavy atom. The molecule has 0 unspecified atom stereocenters. The van der Waals surface area contributed by atoms with E-state index in [9.17, 15) is 0 Å². The molecule has 2 heterocycles. The molecule has 3 heteroatoms. The third-order valence-corrected chi connectivity index (χ3v) is 4.06. The standard InChI is InChI=1S/C8H6NO.W/c1-3-9-8-5-4-7(2)10-6-8;/h1,3-5H,2H2;. The molecular weight excluding hydrogens is 310 g/mol. The van der Waals surface area contributed by atoms with Gasteiger partial charge in [0.05, 0.1) is 0 Å². The summed E-state index contributed by atoms with van der Waals surface area (Å²) in [5.74, 6) is 0.731. The van der Waals surface area contributed by atoms with Crippen LogP contribution in [0.5, 0.6) is 0 Å². The van der Waals surface area contributed by atoms with E-state index in [1.54, 1.807) is 0 Å². The zero-order chi connectivity index (χ0) is 7.68. The monoisotopic (exact) mass is 316 g/mol. The van der Waals surface area contributed by atoms with Crippen molar-refractivity contribution >= 4 is 9.80 Å². The van der Waals surface area contributed by atoms with E-state index in [0.29, 0.717) is 0 Å². The average Bonchev–Trinajstić information content (AvgIpc) is 2.04. The van der Waals surface area contributed by atoms with E-state index >= 15 is 0 Å². The molecule has 2 aliphatic heterocycles. The maximum atomic E-state index is 5.42. The molecule has 0 bridgehead atoms. The summed E-state index contributed by atoms with van der Waals surface area (Å²) in [6.07, 6.45) is 5.68. The van der Waals surface area contributed by atoms with Crippen LogP contribution in [0.4, 0.5) is 0 Å². The van der Waals surface area contributed by atoms with Crippen LogP contribution in [-0.4, -0.2) is 9.80 Å². The molecule has 0 aromatic heterocycles. The van der Waals surface area contributed by atoms with Gasteiger partial charge < -0.3 is 0 Å². The van der Waals surface area contributed by atoms with Crippen molar-refractivity contribution in [1.82, 2.24) is 0 Å². The van der Waals surface area contributed by atoms with E-state index in [4.69, 9.17) is 4.74 Å². The molecule has 11 heavy (non-hydrogen) atoms. The quantitative estimate of drug-likeness (QED) is 0.659. The Bertz CT molecular complexity index is 323. The van der Waals surface area contributed by atoms with Gasteiger partial charge in [0, 0.05) is 0 Å². The van der Waals surface area contributed by atoms with Crippen molar-refractivity contribution in [3.63, 3.8) is 0 Å². The third kappa shape index (κ3) is 1.31. The summed E-state index contributed by atoms with van der Waals surface area (Å²) < 4.78 is 8.62. The first-order chi connectivity index (χ1) is 5.36. The maximum absolute atomic E-state index is 5.42. The van der Waals surface area contributed by atoms with E-state index in [0.717, 1.165) is 15.6 Å². The second-order valence-electron chi connectivity index (χ2n) is 2.11. The van der Waals surface area contributed by atoms with Gasteiger partial charge in [0.2, 0.25) is 0 Å². The Morgan fingerprint density at radius 2 is 2.36 bits per heavy atom. The number of allylic oxidation sites excluding steroid dienone is 1. The summed E-state index contributed by atoms with van der Waals surface area (Å²) in [7, 11) is 0. The van der Waals surface area contributed by atoms with Crippen LogP contribution in [0.1, 0.15) is 0 Å². The van der Waals surface area contributed by atoms with Crippen LogP contribution in [0.2, 0.25) is 0 Å². The van der Waals surface area contributed by atoms with Gasteiger partial charge in [-0.05, 0) is 0 Å². The first-order valence-electron chi connectivity index (χ1n) is 3.18. The summed E-state index contributed by atoms with van der Waals surface area (Å²) in [6.45, 7) is 3.72. The molecule has 0 saturated heterocycles. The fraction of sp³-hybridized carbons (Fsp3) is 0. The molecule has 0 aromatic rings. The molecule has 0 atom stereocenters. The fourth-order valence-electron chi connectivity index (χ4n) is 0.828. The van der Waals surface area contributed by atoms with Crippen LogP contribution in [0.3, 0.4) is 0 Å². The van der Waals surface area contributed by atoms with Gasteiger partial charge >= 0.3 is 72.8 Å². The molecule has 0 spiro atoms. The zero-order valence-electron chi connectivity index (χ0n) is 5.78. The van der Waals surface area contributed by atoms with Gasteiger partial charge in [0.15, 0.2) is 0 Å². The van der Waals surface area contributed by atoms with Crippen molar-refractivity contribution in [2.75, 3.05) is 0 Å². The fourth-order valence-corrected chi connectivity index (χ4v) is 3.13. The van der Waals surface area contributed by atoms with Gasteiger partial charge in [-0.3, -0.25) is 0 Å². The molecule has 55 valence electrons. The molecule has 0 saturated carbocycles. The Kier molecular flexibility index (Phi) is 1.70. The van der Waals surface area contributed by atoms with Gasteiger partial charge in [0.1, 0.15) is 0 Å². The average molecular weight is 316 g/mol. The SMILES string of the molecule is C=C1C=CC2=NC=[CH][W]=[C]2O1. The Hall–Kier alpha value is -0.752. The summed E-state index contributed by atoms with van der Waals surface area (Å²) in [5, 5.41) is 0. The van der Waals surface area contributed by atoms with Crippen LogP contribution < -0.4 is 0 Å². The molecule has 0 fully saturated rings. The number of hydrogen-bond acceptors (Lipinski definition) is 2. The molecule has 2 nitrogen and oxygen atoms in total. The van der Waals surface area contributed by atoms with Crippen LogP contribution >= 0.6 is 0 Å². The molecule has 2 rings (SSSR count). The Morgan fingerprint density at radius 3 is 3.27 bits per heavy atom. The molecule has 0 N–H and O–H groups in total. The molecule has 0 radical (unpaired) electrons. The van der Waals surface area contributed by atoms with Gasteiger partial charge in [-0.25, -0.2) is 0 Å². The minimum atomic E-state index is -0.579. The second-order valence-corrected chi connectivity index (χ2v) is 5.26. The number of aliphatic imine (C=N–C) groups is 1. The number of rotatable bonds is 0. The minimum absolute atomic E-state index is 0.579. The summed E-state index contributed by atoms with van der Waals surface area (Å²) >= 11 is -0.579. The van der Waals surface area contributed by atoms with Gasteiger partial charge in [-0.2, -0.15) is 0 Å². The number of hydrogen-bond donors (Lipinski definition) is 0. The van der Waals surface area contributed by atoms with Gasteiger partial charge in [-0.15, -0.1) is 0 Å². The summed E-state index contributed by atoms with van der Waals surface area (Å²) in [4.78, 5) is 4.17. The van der Waals surface area contributed by atoms with Crippen LogP contribution in [0, 0.1) is 0 Å². The topological polar surface area (TPSA) is 21.6 Å². The van der Waals surface area contributed by atoms with Crippen LogP contribution in [0.15, 0.2) is 40.1 Å². The van der Waals surface area contributed by atoms with E-state index in [1.807, 2.05) is 18.4 Å². The number of fused-ring (bicyclic) bond motifs is 1. The van der Waals surface area contributed by atoms with Crippen molar-refractivity contribution < 1.29 is 22.8 Å². The van der Waals surface area contributed by atoms with Crippen molar-refractivity contribution in [2.45, 2.75) is 0 Å². The number of nitrogens with zero attached hydrogens (tertiary/aromatic N) is 1. The van der Waals surface area contributed by atoms with E-state index < -0.39 is 18.1 Å². The van der Waals surface area contributed by atoms with Crippen molar-refractivity contribution in [3.05, 3.63) is 35.2 Å². The van der Waals surface area contributed by atoms with Crippen molar-refractivity contribution in [1.29, 1.82) is 0 Å². The number of ether oxygens (including phenoxy) is 1. The van der Waals surface area contributed by atoms with Crippen LogP contribution in [0.25, 0.3) is 0 Å². The van der Waals surface area contributed by atoms with E-state index in [1.165, 1.54) is 0 Å². The molecule has 0 aromatic carbocycles. The molecule has 2 aliphatic rings. The Balaban J connectivity index is 2.45. The van der Waals surface area contributed by atoms with Gasteiger partial charge in [0.25, 0.3) is 0 Å². The van der Waals surface area contributed by atoms with Gasteiger partial charge in [-0.1, -0.05) is 0 Å². The summed E-state index contributed by atoms with van der Waals surface area (Å²) in [5.41, 5.74) is 0.991.